The van der Waals surface area contributed by atoms with Crippen LogP contribution in [0.1, 0.15) is 12.0 Å². The van der Waals surface area contributed by atoms with Gasteiger partial charge in [-0.2, -0.15) is 4.31 Å². The summed E-state index contributed by atoms with van der Waals surface area (Å²) in [6.45, 7) is 3.43. The van der Waals surface area contributed by atoms with Gasteiger partial charge in [0, 0.05) is 19.6 Å². The quantitative estimate of drug-likeness (QED) is 0.911. The first-order valence-electron chi connectivity index (χ1n) is 6.30. The fraction of sp³-hybridized carbons (Fsp3) is 0.538. The Balaban J connectivity index is 0.00000200. The molecule has 0 spiro atoms. The van der Waals surface area contributed by atoms with Crippen molar-refractivity contribution in [3.63, 3.8) is 0 Å². The van der Waals surface area contributed by atoms with Crippen LogP contribution < -0.4 is 10.1 Å². The molecule has 1 heterocycles. The second kappa shape index (κ2) is 6.76. The lowest BCUT2D eigenvalue weighted by Crippen LogP contribution is -2.38. The molecule has 20 heavy (non-hydrogen) atoms. The molecular formula is C13H21ClN2O3S. The number of sulfonamides is 1. The van der Waals surface area contributed by atoms with Crippen molar-refractivity contribution in [2.75, 3.05) is 27.2 Å². The Morgan fingerprint density at radius 1 is 1.40 bits per heavy atom. The maximum absolute atomic E-state index is 12.7. The molecule has 1 aliphatic rings. The number of benzene rings is 1. The van der Waals surface area contributed by atoms with E-state index in [4.69, 9.17) is 4.74 Å². The predicted octanol–water partition coefficient (Wildman–Crippen LogP) is 1.41. The molecular weight excluding hydrogens is 300 g/mol. The zero-order valence-electron chi connectivity index (χ0n) is 11.9. The molecule has 7 heteroatoms. The number of nitrogens with one attached hydrogen (secondary N) is 1. The maximum Gasteiger partial charge on any atom is 0.246 e. The van der Waals surface area contributed by atoms with Crippen LogP contribution in [0.15, 0.2) is 23.1 Å². The number of halogens is 1. The van der Waals surface area contributed by atoms with Crippen molar-refractivity contribution in [2.24, 2.45) is 0 Å². The molecule has 1 aromatic carbocycles. The molecule has 1 N–H and O–H groups in total. The van der Waals surface area contributed by atoms with Crippen molar-refractivity contribution in [1.82, 2.24) is 9.62 Å². The van der Waals surface area contributed by atoms with Crippen molar-refractivity contribution in [3.8, 4) is 5.75 Å². The van der Waals surface area contributed by atoms with Crippen LogP contribution in [-0.4, -0.2) is 46.0 Å². The predicted molar refractivity (Wildman–Crippen MR) is 81.2 cm³/mol. The summed E-state index contributed by atoms with van der Waals surface area (Å²) in [5.41, 5.74) is 0.900. The van der Waals surface area contributed by atoms with Gasteiger partial charge in [0.1, 0.15) is 10.6 Å². The largest absolute Gasteiger partial charge is 0.495 e. The SMILES string of the molecule is COc1ccc(C)cc1S(=O)(=O)N(C)C1CCNC1.Cl. The summed E-state index contributed by atoms with van der Waals surface area (Å²) in [6.07, 6.45) is 0.837. The van der Waals surface area contributed by atoms with Crippen molar-refractivity contribution in [3.05, 3.63) is 23.8 Å². The van der Waals surface area contributed by atoms with Crippen molar-refractivity contribution < 1.29 is 13.2 Å². The van der Waals surface area contributed by atoms with Crippen LogP contribution in [0, 0.1) is 6.92 Å². The lowest BCUT2D eigenvalue weighted by atomic mass is 10.2. The highest BCUT2D eigenvalue weighted by Crippen LogP contribution is 2.28. The number of hydrogen-bond donors (Lipinski definition) is 1. The molecule has 1 aliphatic heterocycles. The molecule has 0 aliphatic carbocycles. The second-order valence-electron chi connectivity index (χ2n) is 4.82. The molecule has 1 saturated heterocycles. The van der Waals surface area contributed by atoms with Gasteiger partial charge in [-0.3, -0.25) is 0 Å². The first kappa shape index (κ1) is 17.2. The Morgan fingerprint density at radius 3 is 2.65 bits per heavy atom. The average molecular weight is 321 g/mol. The Morgan fingerprint density at radius 2 is 2.10 bits per heavy atom. The third-order valence-electron chi connectivity index (χ3n) is 3.52. The second-order valence-corrected chi connectivity index (χ2v) is 6.79. The van der Waals surface area contributed by atoms with Crippen LogP contribution >= 0.6 is 12.4 Å². The Kier molecular flexibility index (Phi) is 5.82. The van der Waals surface area contributed by atoms with E-state index in [1.165, 1.54) is 11.4 Å². The minimum absolute atomic E-state index is 0. The first-order chi connectivity index (χ1) is 8.96. The minimum Gasteiger partial charge on any atom is -0.495 e. The van der Waals surface area contributed by atoms with E-state index in [0.29, 0.717) is 12.3 Å². The summed E-state index contributed by atoms with van der Waals surface area (Å²) in [5, 5.41) is 3.18. The third kappa shape index (κ3) is 3.25. The molecule has 0 saturated carbocycles. The molecule has 2 rings (SSSR count). The summed E-state index contributed by atoms with van der Waals surface area (Å²) in [4.78, 5) is 0.240. The molecule has 0 radical (unpaired) electrons. The molecule has 0 amide bonds. The van der Waals surface area contributed by atoms with Gasteiger partial charge in [0.2, 0.25) is 10.0 Å². The van der Waals surface area contributed by atoms with Gasteiger partial charge in [0.05, 0.1) is 7.11 Å². The highest BCUT2D eigenvalue weighted by molar-refractivity contribution is 7.89. The molecule has 0 bridgehead atoms. The van der Waals surface area contributed by atoms with Crippen LogP contribution in [0.3, 0.4) is 0 Å². The number of rotatable bonds is 4. The normalized spacial score (nSPS) is 18.9. The maximum atomic E-state index is 12.7. The fourth-order valence-electron chi connectivity index (χ4n) is 2.29. The van der Waals surface area contributed by atoms with E-state index in [-0.39, 0.29) is 23.3 Å². The summed E-state index contributed by atoms with van der Waals surface area (Å²) >= 11 is 0. The number of aryl methyl sites for hydroxylation is 1. The van der Waals surface area contributed by atoms with E-state index in [9.17, 15) is 8.42 Å². The van der Waals surface area contributed by atoms with Gasteiger partial charge >= 0.3 is 0 Å². The minimum atomic E-state index is -3.52. The highest BCUT2D eigenvalue weighted by Gasteiger charge is 2.31. The number of methoxy groups -OCH3 is 1. The van der Waals surface area contributed by atoms with Crippen molar-refractivity contribution in [2.45, 2.75) is 24.3 Å². The van der Waals surface area contributed by atoms with Gasteiger partial charge in [-0.25, -0.2) is 8.42 Å². The fourth-order valence-corrected chi connectivity index (χ4v) is 3.91. The van der Waals surface area contributed by atoms with Crippen LogP contribution in [0.4, 0.5) is 0 Å². The third-order valence-corrected chi connectivity index (χ3v) is 5.46. The Labute approximate surface area is 126 Å². The number of nitrogens with zero attached hydrogens (tertiary/aromatic N) is 1. The monoisotopic (exact) mass is 320 g/mol. The first-order valence-corrected chi connectivity index (χ1v) is 7.74. The average Bonchev–Trinajstić information content (AvgIpc) is 2.91. The molecule has 5 nitrogen and oxygen atoms in total. The van der Waals surface area contributed by atoms with Gasteiger partial charge in [-0.05, 0) is 37.6 Å². The van der Waals surface area contributed by atoms with E-state index in [1.807, 2.05) is 13.0 Å². The van der Waals surface area contributed by atoms with Gasteiger partial charge in [-0.1, -0.05) is 6.07 Å². The lowest BCUT2D eigenvalue weighted by molar-refractivity contribution is 0.376. The highest BCUT2D eigenvalue weighted by atomic mass is 35.5. The van der Waals surface area contributed by atoms with Gasteiger partial charge in [0.15, 0.2) is 0 Å². The van der Waals surface area contributed by atoms with E-state index in [2.05, 4.69) is 5.32 Å². The van der Waals surface area contributed by atoms with Gasteiger partial charge < -0.3 is 10.1 Å². The summed E-state index contributed by atoms with van der Waals surface area (Å²) in [7, 11) is -0.399. The van der Waals surface area contributed by atoms with Crippen molar-refractivity contribution >= 4 is 22.4 Å². The molecule has 1 unspecified atom stereocenters. The summed E-state index contributed by atoms with van der Waals surface area (Å²) in [6, 6.07) is 5.21. The number of hydrogen-bond acceptors (Lipinski definition) is 4. The van der Waals surface area contributed by atoms with Crippen LogP contribution in [0.25, 0.3) is 0 Å². The zero-order chi connectivity index (χ0) is 14.0. The zero-order valence-corrected chi connectivity index (χ0v) is 13.6. The molecule has 1 fully saturated rings. The van der Waals surface area contributed by atoms with Gasteiger partial charge in [-0.15, -0.1) is 12.4 Å². The summed E-state index contributed by atoms with van der Waals surface area (Å²) < 4.78 is 32.0. The van der Waals surface area contributed by atoms with E-state index >= 15 is 0 Å². The standard InChI is InChI=1S/C13H20N2O3S.ClH/c1-10-4-5-12(18-3)13(8-10)19(16,17)15(2)11-6-7-14-9-11;/h4-5,8,11,14H,6-7,9H2,1-3H3;1H. The molecule has 1 aromatic rings. The lowest BCUT2D eigenvalue weighted by Gasteiger charge is -2.24. The van der Waals surface area contributed by atoms with Gasteiger partial charge in [0.25, 0.3) is 0 Å². The van der Waals surface area contributed by atoms with Crippen LogP contribution in [0.5, 0.6) is 5.75 Å². The smallest absolute Gasteiger partial charge is 0.246 e. The molecule has 1 atom stereocenters. The van der Waals surface area contributed by atoms with Crippen molar-refractivity contribution in [1.29, 1.82) is 0 Å². The van der Waals surface area contributed by atoms with E-state index in [1.54, 1.807) is 19.2 Å². The topological polar surface area (TPSA) is 58.6 Å². The van der Waals surface area contributed by atoms with E-state index in [0.717, 1.165) is 18.5 Å². The number of likely N-dealkylation sites (N-methyl/N-ethyl adjacent to an activating group) is 1. The Bertz CT molecular complexity index is 557. The van der Waals surface area contributed by atoms with Crippen LogP contribution in [0.2, 0.25) is 0 Å². The summed E-state index contributed by atoms with van der Waals surface area (Å²) in [5.74, 6) is 0.392. The van der Waals surface area contributed by atoms with Crippen LogP contribution in [-0.2, 0) is 10.0 Å². The molecule has 114 valence electrons. The van der Waals surface area contributed by atoms with E-state index < -0.39 is 10.0 Å². The Hall–Kier alpha value is -0.820. The number of ether oxygens (including phenoxy) is 1. The molecule has 0 aromatic heterocycles.